The lowest BCUT2D eigenvalue weighted by Gasteiger charge is -2.12. The van der Waals surface area contributed by atoms with Crippen LogP contribution in [-0.4, -0.2) is 51.3 Å². The smallest absolute Gasteiger partial charge is 0.220 e. The van der Waals surface area contributed by atoms with Gasteiger partial charge in [-0.3, -0.25) is 9.79 Å². The molecule has 2 aliphatic rings. The van der Waals surface area contributed by atoms with Crippen LogP contribution in [0.2, 0.25) is 0 Å². The van der Waals surface area contributed by atoms with Crippen molar-refractivity contribution in [3.8, 4) is 0 Å². The fourth-order valence-corrected chi connectivity index (χ4v) is 2.12. The monoisotopic (exact) mass is 438 g/mol. The number of ether oxygens (including phenoxy) is 1. The highest BCUT2D eigenvalue weighted by Crippen LogP contribution is 2.28. The molecule has 6 nitrogen and oxygen atoms in total. The van der Waals surface area contributed by atoms with Crippen molar-refractivity contribution in [2.75, 3.05) is 33.4 Å². The SMILES string of the molecule is CN=C(NCCCOCC1CC1)NCCCC(=O)NC1CC1.I. The Labute approximate surface area is 156 Å². The molecule has 0 spiro atoms. The van der Waals surface area contributed by atoms with Crippen molar-refractivity contribution in [2.45, 2.75) is 51.0 Å². The molecule has 134 valence electrons. The Kier molecular flexibility index (Phi) is 10.6. The summed E-state index contributed by atoms with van der Waals surface area (Å²) in [5, 5.41) is 9.49. The standard InChI is InChI=1S/C16H30N4O2.HI/c1-17-16(19-10-3-11-22-12-13-5-6-13)18-9-2-4-15(21)20-14-7-8-14;/h13-14H,2-12H2,1H3,(H,20,21)(H2,17,18,19);1H. The third-order valence-corrected chi connectivity index (χ3v) is 3.85. The molecule has 2 fully saturated rings. The quantitative estimate of drug-likeness (QED) is 0.199. The average Bonchev–Trinajstić information content (AvgIpc) is 3.40. The van der Waals surface area contributed by atoms with Crippen LogP contribution >= 0.6 is 24.0 Å². The summed E-state index contributed by atoms with van der Waals surface area (Å²) in [5.74, 6) is 1.80. The summed E-state index contributed by atoms with van der Waals surface area (Å²) in [4.78, 5) is 15.7. The molecule has 2 saturated carbocycles. The highest BCUT2D eigenvalue weighted by molar-refractivity contribution is 14.0. The number of rotatable bonds is 11. The molecule has 0 aromatic heterocycles. The number of amides is 1. The van der Waals surface area contributed by atoms with Crippen molar-refractivity contribution in [2.24, 2.45) is 10.9 Å². The topological polar surface area (TPSA) is 74.8 Å². The second-order valence-electron chi connectivity index (χ2n) is 6.24. The molecule has 0 bridgehead atoms. The van der Waals surface area contributed by atoms with Crippen LogP contribution in [0.1, 0.15) is 44.9 Å². The fraction of sp³-hybridized carbons (Fsp3) is 0.875. The maximum Gasteiger partial charge on any atom is 0.220 e. The Morgan fingerprint density at radius 3 is 2.43 bits per heavy atom. The summed E-state index contributed by atoms with van der Waals surface area (Å²) in [6.45, 7) is 3.35. The summed E-state index contributed by atoms with van der Waals surface area (Å²) in [6.07, 6.45) is 7.35. The van der Waals surface area contributed by atoms with Crippen molar-refractivity contribution >= 4 is 35.8 Å². The number of halogens is 1. The molecule has 0 aromatic rings. The third kappa shape index (κ3) is 10.8. The molecule has 2 aliphatic carbocycles. The predicted octanol–water partition coefficient (Wildman–Crippen LogP) is 1.64. The minimum Gasteiger partial charge on any atom is -0.381 e. The van der Waals surface area contributed by atoms with Gasteiger partial charge in [0, 0.05) is 45.8 Å². The van der Waals surface area contributed by atoms with E-state index in [0.29, 0.717) is 12.5 Å². The van der Waals surface area contributed by atoms with Crippen molar-refractivity contribution in [1.82, 2.24) is 16.0 Å². The number of hydrogen-bond acceptors (Lipinski definition) is 3. The number of hydrogen-bond donors (Lipinski definition) is 3. The molecule has 0 unspecified atom stereocenters. The van der Waals surface area contributed by atoms with Gasteiger partial charge in [0.2, 0.25) is 5.91 Å². The number of nitrogens with one attached hydrogen (secondary N) is 3. The van der Waals surface area contributed by atoms with Gasteiger partial charge in [-0.2, -0.15) is 0 Å². The van der Waals surface area contributed by atoms with Gasteiger partial charge in [-0.05, 0) is 44.4 Å². The highest BCUT2D eigenvalue weighted by atomic mass is 127. The molecule has 23 heavy (non-hydrogen) atoms. The molecule has 0 atom stereocenters. The highest BCUT2D eigenvalue weighted by Gasteiger charge is 2.22. The van der Waals surface area contributed by atoms with Gasteiger partial charge >= 0.3 is 0 Å². The van der Waals surface area contributed by atoms with E-state index in [0.717, 1.165) is 63.9 Å². The Hall–Kier alpha value is -0.570. The first-order valence-corrected chi connectivity index (χ1v) is 8.59. The van der Waals surface area contributed by atoms with Gasteiger partial charge in [0.25, 0.3) is 0 Å². The first-order valence-electron chi connectivity index (χ1n) is 8.59. The summed E-state index contributed by atoms with van der Waals surface area (Å²) in [6, 6.07) is 0.456. The van der Waals surface area contributed by atoms with Gasteiger partial charge in [0.05, 0.1) is 0 Å². The lowest BCUT2D eigenvalue weighted by molar-refractivity contribution is -0.121. The van der Waals surface area contributed by atoms with E-state index in [9.17, 15) is 4.79 Å². The third-order valence-electron chi connectivity index (χ3n) is 3.85. The Morgan fingerprint density at radius 2 is 1.83 bits per heavy atom. The van der Waals surface area contributed by atoms with Crippen molar-refractivity contribution < 1.29 is 9.53 Å². The van der Waals surface area contributed by atoms with Crippen LogP contribution in [0.5, 0.6) is 0 Å². The van der Waals surface area contributed by atoms with Gasteiger partial charge < -0.3 is 20.7 Å². The Morgan fingerprint density at radius 1 is 1.13 bits per heavy atom. The molecule has 0 saturated heterocycles. The van der Waals surface area contributed by atoms with Crippen LogP contribution in [0.4, 0.5) is 0 Å². The van der Waals surface area contributed by atoms with Crippen LogP contribution in [0.3, 0.4) is 0 Å². The fourth-order valence-electron chi connectivity index (χ4n) is 2.12. The van der Waals surface area contributed by atoms with Crippen LogP contribution in [-0.2, 0) is 9.53 Å². The van der Waals surface area contributed by atoms with E-state index in [-0.39, 0.29) is 29.9 Å². The molecule has 3 N–H and O–H groups in total. The zero-order valence-corrected chi connectivity index (χ0v) is 16.4. The molecule has 0 aliphatic heterocycles. The van der Waals surface area contributed by atoms with Gasteiger partial charge in [-0.25, -0.2) is 0 Å². The number of aliphatic imine (C=N–C) groups is 1. The lowest BCUT2D eigenvalue weighted by atomic mass is 10.3. The zero-order chi connectivity index (χ0) is 15.6. The predicted molar refractivity (Wildman–Crippen MR) is 103 cm³/mol. The second kappa shape index (κ2) is 11.9. The van der Waals surface area contributed by atoms with Crippen molar-refractivity contribution in [3.63, 3.8) is 0 Å². The number of carbonyl (C=O) groups excluding carboxylic acids is 1. The van der Waals surface area contributed by atoms with Crippen LogP contribution in [0.15, 0.2) is 4.99 Å². The van der Waals surface area contributed by atoms with Gasteiger partial charge in [0.1, 0.15) is 0 Å². The Bertz CT molecular complexity index is 371. The molecule has 0 radical (unpaired) electrons. The van der Waals surface area contributed by atoms with E-state index in [1.54, 1.807) is 7.05 Å². The van der Waals surface area contributed by atoms with E-state index < -0.39 is 0 Å². The van der Waals surface area contributed by atoms with Gasteiger partial charge in [0.15, 0.2) is 5.96 Å². The summed E-state index contributed by atoms with van der Waals surface area (Å²) < 4.78 is 5.59. The van der Waals surface area contributed by atoms with E-state index in [1.807, 2.05) is 0 Å². The molecule has 0 aromatic carbocycles. The van der Waals surface area contributed by atoms with E-state index in [2.05, 4.69) is 20.9 Å². The first kappa shape index (κ1) is 20.5. The van der Waals surface area contributed by atoms with Gasteiger partial charge in [-0.15, -0.1) is 24.0 Å². The summed E-state index contributed by atoms with van der Waals surface area (Å²) >= 11 is 0. The maximum atomic E-state index is 11.5. The van der Waals surface area contributed by atoms with E-state index in [1.165, 1.54) is 12.8 Å². The van der Waals surface area contributed by atoms with Crippen molar-refractivity contribution in [3.05, 3.63) is 0 Å². The Balaban J connectivity index is 0.00000264. The number of carbonyl (C=O) groups is 1. The minimum absolute atomic E-state index is 0. The van der Waals surface area contributed by atoms with Crippen molar-refractivity contribution in [1.29, 1.82) is 0 Å². The molecular weight excluding hydrogens is 407 g/mol. The molecule has 2 rings (SSSR count). The van der Waals surface area contributed by atoms with Crippen LogP contribution < -0.4 is 16.0 Å². The lowest BCUT2D eigenvalue weighted by Crippen LogP contribution is -2.38. The molecular formula is C16H31IN4O2. The van der Waals surface area contributed by atoms with E-state index in [4.69, 9.17) is 4.74 Å². The van der Waals surface area contributed by atoms with Crippen LogP contribution in [0.25, 0.3) is 0 Å². The number of nitrogens with zero attached hydrogens (tertiary/aromatic N) is 1. The summed E-state index contributed by atoms with van der Waals surface area (Å²) in [7, 11) is 1.76. The first-order chi connectivity index (χ1) is 10.8. The maximum absolute atomic E-state index is 11.5. The summed E-state index contributed by atoms with van der Waals surface area (Å²) in [5.41, 5.74) is 0. The normalized spacial score (nSPS) is 17.3. The largest absolute Gasteiger partial charge is 0.381 e. The van der Waals surface area contributed by atoms with Gasteiger partial charge in [-0.1, -0.05) is 0 Å². The van der Waals surface area contributed by atoms with Crippen LogP contribution in [0, 0.1) is 5.92 Å². The van der Waals surface area contributed by atoms with E-state index >= 15 is 0 Å². The zero-order valence-electron chi connectivity index (χ0n) is 14.1. The molecule has 1 amide bonds. The molecule has 0 heterocycles. The average molecular weight is 438 g/mol. The molecule has 7 heteroatoms. The second-order valence-corrected chi connectivity index (χ2v) is 6.24. The number of guanidine groups is 1. The minimum atomic E-state index is 0.